The van der Waals surface area contributed by atoms with Crippen LogP contribution < -0.4 is 29.6 Å². The number of aliphatic hydroxyl groups excluding tert-OH is 1. The van der Waals surface area contributed by atoms with Gasteiger partial charge in [-0.25, -0.2) is 8.42 Å². The summed E-state index contributed by atoms with van der Waals surface area (Å²) in [5.41, 5.74) is 0. The number of allylic oxidation sites excluding steroid dienone is 2. The molecule has 166 valence electrons. The number of carbonyl (C=O) groups excluding carboxylic acids is 1. The minimum absolute atomic E-state index is 0. The molecule has 1 N–H and O–H groups in total. The van der Waals surface area contributed by atoms with Crippen molar-refractivity contribution in [1.82, 2.24) is 0 Å². The molecule has 0 saturated heterocycles. The number of esters is 1. The minimum Gasteiger partial charge on any atom is -0.748 e. The molecular formula is C21H39NaO6S. The van der Waals surface area contributed by atoms with Crippen molar-refractivity contribution < 1.29 is 57.2 Å². The van der Waals surface area contributed by atoms with E-state index in [0.29, 0.717) is 6.42 Å². The van der Waals surface area contributed by atoms with Crippen molar-refractivity contribution in [1.29, 1.82) is 0 Å². The smallest absolute Gasteiger partial charge is 0.748 e. The Kier molecular flexibility index (Phi) is 23.0. The van der Waals surface area contributed by atoms with Crippen molar-refractivity contribution in [3.05, 3.63) is 12.2 Å². The van der Waals surface area contributed by atoms with Gasteiger partial charge in [-0.2, -0.15) is 0 Å². The van der Waals surface area contributed by atoms with Gasteiger partial charge in [0.05, 0.1) is 15.9 Å². The van der Waals surface area contributed by atoms with Crippen LogP contribution in [0.15, 0.2) is 12.2 Å². The zero-order valence-electron chi connectivity index (χ0n) is 18.4. The second-order valence-electron chi connectivity index (χ2n) is 7.40. The van der Waals surface area contributed by atoms with Gasteiger partial charge in [0.1, 0.15) is 12.7 Å². The Bertz CT molecular complexity index is 507. The average molecular weight is 443 g/mol. The number of hydrogen-bond acceptors (Lipinski definition) is 6. The summed E-state index contributed by atoms with van der Waals surface area (Å²) in [5, 5.41) is 9.28. The molecule has 0 saturated carbocycles. The molecule has 0 aromatic carbocycles. The number of unbranched alkanes of at least 4 members (excludes halogenated alkanes) is 11. The summed E-state index contributed by atoms with van der Waals surface area (Å²) in [4.78, 5) is 11.5. The number of hydrogen-bond donors (Lipinski definition) is 1. The Labute approximate surface area is 199 Å². The van der Waals surface area contributed by atoms with Crippen LogP contribution in [0.5, 0.6) is 0 Å². The predicted octanol–water partition coefficient (Wildman–Crippen LogP) is 1.48. The quantitative estimate of drug-likeness (QED) is 0.107. The third kappa shape index (κ3) is 26.0. The zero-order chi connectivity index (χ0) is 21.1. The van der Waals surface area contributed by atoms with E-state index in [-0.39, 0.29) is 36.0 Å². The van der Waals surface area contributed by atoms with Gasteiger partial charge in [0.25, 0.3) is 0 Å². The Morgan fingerprint density at radius 1 is 0.931 bits per heavy atom. The van der Waals surface area contributed by atoms with Gasteiger partial charge in [-0.3, -0.25) is 4.79 Å². The van der Waals surface area contributed by atoms with Crippen molar-refractivity contribution >= 4 is 16.1 Å². The number of carbonyl (C=O) groups is 1. The van der Waals surface area contributed by atoms with Crippen LogP contribution in [0.25, 0.3) is 0 Å². The maximum Gasteiger partial charge on any atom is 1.00 e. The second-order valence-corrected chi connectivity index (χ2v) is 8.84. The molecule has 0 heterocycles. The van der Waals surface area contributed by atoms with E-state index in [2.05, 4.69) is 19.1 Å². The van der Waals surface area contributed by atoms with E-state index in [4.69, 9.17) is 4.74 Å². The van der Waals surface area contributed by atoms with Gasteiger partial charge >= 0.3 is 35.5 Å². The summed E-state index contributed by atoms with van der Waals surface area (Å²) >= 11 is 0. The van der Waals surface area contributed by atoms with Crippen LogP contribution in [0.3, 0.4) is 0 Å². The third-order valence-corrected chi connectivity index (χ3v) is 5.27. The predicted molar refractivity (Wildman–Crippen MR) is 111 cm³/mol. The first-order chi connectivity index (χ1) is 13.3. The SMILES string of the molecule is CCCCCCCCC=CCCCCCCCC(=O)OCC(O)CS(=O)(=O)[O-].[Na+]. The average Bonchev–Trinajstić information content (AvgIpc) is 2.62. The van der Waals surface area contributed by atoms with Gasteiger partial charge in [-0.15, -0.1) is 0 Å². The molecular weight excluding hydrogens is 403 g/mol. The summed E-state index contributed by atoms with van der Waals surface area (Å²) in [5.74, 6) is -1.41. The number of aliphatic hydroxyl groups is 1. The van der Waals surface area contributed by atoms with E-state index in [0.717, 1.165) is 32.1 Å². The van der Waals surface area contributed by atoms with Crippen molar-refractivity contribution in [3.8, 4) is 0 Å². The van der Waals surface area contributed by atoms with Crippen LogP contribution >= 0.6 is 0 Å². The maximum atomic E-state index is 11.5. The largest absolute Gasteiger partial charge is 1.00 e. The van der Waals surface area contributed by atoms with E-state index < -0.39 is 34.6 Å². The summed E-state index contributed by atoms with van der Waals surface area (Å²) in [7, 11) is -4.51. The number of ether oxygens (including phenoxy) is 1. The second kappa shape index (κ2) is 21.3. The monoisotopic (exact) mass is 442 g/mol. The van der Waals surface area contributed by atoms with E-state index in [1.54, 1.807) is 0 Å². The molecule has 8 heteroatoms. The molecule has 0 amide bonds. The van der Waals surface area contributed by atoms with E-state index in [9.17, 15) is 22.9 Å². The van der Waals surface area contributed by atoms with E-state index in [1.165, 1.54) is 44.9 Å². The first-order valence-electron chi connectivity index (χ1n) is 10.8. The first kappa shape index (κ1) is 31.3. The summed E-state index contributed by atoms with van der Waals surface area (Å²) in [6.07, 6.45) is 18.7. The van der Waals surface area contributed by atoms with Crippen molar-refractivity contribution in [2.24, 2.45) is 0 Å². The maximum absolute atomic E-state index is 11.5. The van der Waals surface area contributed by atoms with Gasteiger partial charge in [0.15, 0.2) is 0 Å². The molecule has 1 unspecified atom stereocenters. The van der Waals surface area contributed by atoms with Gasteiger partial charge < -0.3 is 14.4 Å². The molecule has 0 fully saturated rings. The molecule has 29 heavy (non-hydrogen) atoms. The Morgan fingerprint density at radius 2 is 1.41 bits per heavy atom. The summed E-state index contributed by atoms with van der Waals surface area (Å²) in [6, 6.07) is 0. The van der Waals surface area contributed by atoms with Gasteiger partial charge in [-0.1, -0.05) is 70.4 Å². The Balaban J connectivity index is 0. The fourth-order valence-electron chi connectivity index (χ4n) is 2.89. The standard InChI is InChI=1S/C21H40O6S.Na/c1-2-3-4-5-6-7-8-9-10-11-12-13-14-15-16-17-21(23)27-18-20(22)19-28(24,25)26;/h9-10,20,22H,2-8,11-19H2,1H3,(H,24,25,26);/q;+1/p-1. The molecule has 0 aromatic heterocycles. The van der Waals surface area contributed by atoms with Crippen molar-refractivity contribution in [3.63, 3.8) is 0 Å². The molecule has 0 radical (unpaired) electrons. The molecule has 6 nitrogen and oxygen atoms in total. The van der Waals surface area contributed by atoms with Crippen LogP contribution in [0.4, 0.5) is 0 Å². The molecule has 1 atom stereocenters. The minimum atomic E-state index is -4.51. The molecule has 0 aromatic rings. The normalized spacial score (nSPS) is 12.7. The van der Waals surface area contributed by atoms with Gasteiger partial charge in [0.2, 0.25) is 0 Å². The van der Waals surface area contributed by atoms with Crippen LogP contribution in [-0.2, 0) is 19.6 Å². The zero-order valence-corrected chi connectivity index (χ0v) is 21.3. The third-order valence-electron chi connectivity index (χ3n) is 4.48. The van der Waals surface area contributed by atoms with E-state index >= 15 is 0 Å². The fraction of sp³-hybridized carbons (Fsp3) is 0.857. The summed E-state index contributed by atoms with van der Waals surface area (Å²) in [6.45, 7) is 1.78. The van der Waals surface area contributed by atoms with Crippen molar-refractivity contribution in [2.75, 3.05) is 12.4 Å². The topological polar surface area (TPSA) is 104 Å². The fourth-order valence-corrected chi connectivity index (χ4v) is 3.45. The molecule has 0 rings (SSSR count). The molecule has 0 spiro atoms. The van der Waals surface area contributed by atoms with Crippen LogP contribution in [0.2, 0.25) is 0 Å². The van der Waals surface area contributed by atoms with Crippen LogP contribution in [0, 0.1) is 0 Å². The summed E-state index contributed by atoms with van der Waals surface area (Å²) < 4.78 is 36.1. The van der Waals surface area contributed by atoms with Gasteiger partial charge in [0, 0.05) is 6.42 Å². The van der Waals surface area contributed by atoms with Crippen LogP contribution in [0.1, 0.15) is 96.8 Å². The Morgan fingerprint density at radius 3 is 1.93 bits per heavy atom. The first-order valence-corrected chi connectivity index (χ1v) is 12.3. The molecule has 0 bridgehead atoms. The Hall–Kier alpha value is 0.0800. The molecule has 0 aliphatic carbocycles. The van der Waals surface area contributed by atoms with E-state index in [1.807, 2.05) is 0 Å². The van der Waals surface area contributed by atoms with Crippen LogP contribution in [-0.4, -0.2) is 42.5 Å². The van der Waals surface area contributed by atoms with Crippen molar-refractivity contribution in [2.45, 2.75) is 103 Å². The van der Waals surface area contributed by atoms with Gasteiger partial charge in [-0.05, 0) is 32.1 Å². The number of rotatable bonds is 19. The molecule has 0 aliphatic rings. The molecule has 0 aliphatic heterocycles.